The van der Waals surface area contributed by atoms with E-state index in [9.17, 15) is 0 Å². The van der Waals surface area contributed by atoms with Crippen LogP contribution in [0.4, 0.5) is 0 Å². The second kappa shape index (κ2) is 1.58. The van der Waals surface area contributed by atoms with E-state index in [1.165, 1.54) is 32.1 Å². The highest BCUT2D eigenvalue weighted by molar-refractivity contribution is 5.05. The van der Waals surface area contributed by atoms with E-state index in [0.29, 0.717) is 5.60 Å². The van der Waals surface area contributed by atoms with Gasteiger partial charge in [0.25, 0.3) is 0 Å². The summed E-state index contributed by atoms with van der Waals surface area (Å²) in [5, 5.41) is 0. The maximum absolute atomic E-state index is 5.57. The highest BCUT2D eigenvalue weighted by Crippen LogP contribution is 2.55. The standard InChI is InChI=1S/C9H14O/c1-3-8-4-2-7(1)5-9(8)6-10-9/h7-8H,1-6H2. The van der Waals surface area contributed by atoms with Crippen molar-refractivity contribution in [3.05, 3.63) is 0 Å². The van der Waals surface area contributed by atoms with E-state index in [4.69, 9.17) is 4.74 Å². The molecule has 1 aliphatic heterocycles. The zero-order valence-electron chi connectivity index (χ0n) is 6.31. The van der Waals surface area contributed by atoms with Gasteiger partial charge in [0, 0.05) is 0 Å². The van der Waals surface area contributed by atoms with Crippen LogP contribution in [-0.4, -0.2) is 12.2 Å². The van der Waals surface area contributed by atoms with Crippen molar-refractivity contribution in [3.63, 3.8) is 0 Å². The fourth-order valence-corrected chi connectivity index (χ4v) is 2.99. The molecule has 1 saturated heterocycles. The minimum absolute atomic E-state index is 0.446. The lowest BCUT2D eigenvalue weighted by atomic mass is 9.65. The number of hydrogen-bond donors (Lipinski definition) is 0. The first-order valence-corrected chi connectivity index (χ1v) is 4.53. The zero-order valence-corrected chi connectivity index (χ0v) is 6.31. The Morgan fingerprint density at radius 1 is 1.10 bits per heavy atom. The lowest BCUT2D eigenvalue weighted by molar-refractivity contribution is 0.0614. The first-order chi connectivity index (χ1) is 4.89. The van der Waals surface area contributed by atoms with Crippen molar-refractivity contribution in [3.8, 4) is 0 Å². The first-order valence-electron chi connectivity index (χ1n) is 4.53. The Morgan fingerprint density at radius 3 is 2.10 bits per heavy atom. The molecule has 4 rings (SSSR count). The van der Waals surface area contributed by atoms with Crippen LogP contribution in [0, 0.1) is 11.8 Å². The van der Waals surface area contributed by atoms with Crippen LogP contribution in [0.5, 0.6) is 0 Å². The van der Waals surface area contributed by atoms with E-state index in [1.807, 2.05) is 0 Å². The highest BCUT2D eigenvalue weighted by Gasteiger charge is 2.56. The minimum Gasteiger partial charge on any atom is -0.369 e. The lowest BCUT2D eigenvalue weighted by Crippen LogP contribution is -2.37. The van der Waals surface area contributed by atoms with Crippen molar-refractivity contribution < 1.29 is 4.74 Å². The molecule has 4 fully saturated rings. The van der Waals surface area contributed by atoms with Crippen molar-refractivity contribution in [2.45, 2.75) is 37.7 Å². The van der Waals surface area contributed by atoms with E-state index in [0.717, 1.165) is 18.4 Å². The second-order valence-electron chi connectivity index (χ2n) is 4.28. The molecule has 4 aliphatic rings. The summed E-state index contributed by atoms with van der Waals surface area (Å²) in [6.07, 6.45) is 7.32. The molecule has 1 heterocycles. The van der Waals surface area contributed by atoms with Gasteiger partial charge in [-0.1, -0.05) is 0 Å². The van der Waals surface area contributed by atoms with Crippen LogP contribution in [0.25, 0.3) is 0 Å². The Hall–Kier alpha value is -0.0400. The molecule has 2 bridgehead atoms. The van der Waals surface area contributed by atoms with Gasteiger partial charge >= 0.3 is 0 Å². The van der Waals surface area contributed by atoms with Gasteiger partial charge in [-0.15, -0.1) is 0 Å². The quantitative estimate of drug-likeness (QED) is 0.466. The molecule has 1 heteroatoms. The Kier molecular flexibility index (Phi) is 0.883. The van der Waals surface area contributed by atoms with Crippen molar-refractivity contribution in [1.29, 1.82) is 0 Å². The van der Waals surface area contributed by atoms with E-state index in [-0.39, 0.29) is 0 Å². The average Bonchev–Trinajstić information content (AvgIpc) is 2.72. The van der Waals surface area contributed by atoms with E-state index >= 15 is 0 Å². The van der Waals surface area contributed by atoms with E-state index in [1.54, 1.807) is 0 Å². The van der Waals surface area contributed by atoms with Crippen LogP contribution >= 0.6 is 0 Å². The van der Waals surface area contributed by atoms with Crippen LogP contribution in [0.1, 0.15) is 32.1 Å². The number of fused-ring (bicyclic) bond motifs is 2. The van der Waals surface area contributed by atoms with Gasteiger partial charge < -0.3 is 4.74 Å². The Bertz CT molecular complexity index is 152. The number of ether oxygens (including phenoxy) is 1. The average molecular weight is 138 g/mol. The smallest absolute Gasteiger partial charge is 0.0947 e. The SMILES string of the molecule is C1CC2CCC1CC21CO1. The minimum atomic E-state index is 0.446. The maximum Gasteiger partial charge on any atom is 0.0947 e. The summed E-state index contributed by atoms with van der Waals surface area (Å²) in [6, 6.07) is 0. The van der Waals surface area contributed by atoms with Gasteiger partial charge in [-0.25, -0.2) is 0 Å². The molecule has 0 radical (unpaired) electrons. The van der Waals surface area contributed by atoms with Gasteiger partial charge in [0.2, 0.25) is 0 Å². The molecule has 10 heavy (non-hydrogen) atoms. The number of rotatable bonds is 0. The van der Waals surface area contributed by atoms with E-state index in [2.05, 4.69) is 0 Å². The first kappa shape index (κ1) is 5.59. The summed E-state index contributed by atoms with van der Waals surface area (Å²) in [4.78, 5) is 0. The Balaban J connectivity index is 1.90. The van der Waals surface area contributed by atoms with Gasteiger partial charge in [-0.05, 0) is 43.9 Å². The molecule has 1 spiro atoms. The molecule has 0 aromatic rings. The molecule has 1 nitrogen and oxygen atoms in total. The normalized spacial score (nSPS) is 57.6. The van der Waals surface area contributed by atoms with Gasteiger partial charge in [0.05, 0.1) is 12.2 Å². The highest BCUT2D eigenvalue weighted by atomic mass is 16.6. The molecule has 56 valence electrons. The monoisotopic (exact) mass is 138 g/mol. The molecule has 0 amide bonds. The van der Waals surface area contributed by atoms with Crippen molar-refractivity contribution in [1.82, 2.24) is 0 Å². The molecule has 3 saturated carbocycles. The van der Waals surface area contributed by atoms with Gasteiger partial charge in [0.15, 0.2) is 0 Å². The number of epoxide rings is 1. The molecule has 0 aromatic carbocycles. The van der Waals surface area contributed by atoms with Gasteiger partial charge in [0.1, 0.15) is 0 Å². The van der Waals surface area contributed by atoms with Crippen LogP contribution in [0.3, 0.4) is 0 Å². The third kappa shape index (κ3) is 0.572. The predicted molar refractivity (Wildman–Crippen MR) is 38.7 cm³/mol. The molecular formula is C9H14O. The Morgan fingerprint density at radius 2 is 1.80 bits per heavy atom. The van der Waals surface area contributed by atoms with Crippen molar-refractivity contribution in [2.75, 3.05) is 6.61 Å². The largest absolute Gasteiger partial charge is 0.369 e. The van der Waals surface area contributed by atoms with Crippen LogP contribution in [-0.2, 0) is 4.74 Å². The van der Waals surface area contributed by atoms with Crippen LogP contribution in [0.15, 0.2) is 0 Å². The van der Waals surface area contributed by atoms with Crippen LogP contribution in [0.2, 0.25) is 0 Å². The molecule has 1 unspecified atom stereocenters. The van der Waals surface area contributed by atoms with Crippen LogP contribution < -0.4 is 0 Å². The third-order valence-electron chi connectivity index (χ3n) is 3.74. The van der Waals surface area contributed by atoms with E-state index < -0.39 is 0 Å². The summed E-state index contributed by atoms with van der Waals surface area (Å²) < 4.78 is 5.57. The number of hydrogen-bond acceptors (Lipinski definition) is 1. The summed E-state index contributed by atoms with van der Waals surface area (Å²) in [7, 11) is 0. The zero-order chi connectivity index (χ0) is 6.60. The summed E-state index contributed by atoms with van der Waals surface area (Å²) in [5.74, 6) is 1.99. The summed E-state index contributed by atoms with van der Waals surface area (Å²) >= 11 is 0. The second-order valence-corrected chi connectivity index (χ2v) is 4.28. The van der Waals surface area contributed by atoms with Crippen molar-refractivity contribution in [2.24, 2.45) is 11.8 Å². The van der Waals surface area contributed by atoms with Gasteiger partial charge in [-0.2, -0.15) is 0 Å². The molecule has 0 N–H and O–H groups in total. The molecular weight excluding hydrogens is 124 g/mol. The predicted octanol–water partition coefficient (Wildman–Crippen LogP) is 1.97. The molecule has 1 atom stereocenters. The Labute approximate surface area is 61.8 Å². The molecule has 3 aliphatic carbocycles. The maximum atomic E-state index is 5.57. The fraction of sp³-hybridized carbons (Fsp3) is 1.00. The fourth-order valence-electron chi connectivity index (χ4n) is 2.99. The van der Waals surface area contributed by atoms with Gasteiger partial charge in [-0.3, -0.25) is 0 Å². The lowest BCUT2D eigenvalue weighted by Gasteiger charge is -2.40. The molecule has 0 aromatic heterocycles. The summed E-state index contributed by atoms with van der Waals surface area (Å²) in [6.45, 7) is 1.09. The van der Waals surface area contributed by atoms with Crippen molar-refractivity contribution >= 4 is 0 Å². The summed E-state index contributed by atoms with van der Waals surface area (Å²) in [5.41, 5.74) is 0.446. The third-order valence-corrected chi connectivity index (χ3v) is 3.74. The topological polar surface area (TPSA) is 12.5 Å².